The van der Waals surface area contributed by atoms with Crippen molar-refractivity contribution in [2.24, 2.45) is 11.8 Å². The maximum atomic E-state index is 12.3. The van der Waals surface area contributed by atoms with E-state index in [-0.39, 0.29) is 12.8 Å². The quantitative estimate of drug-likeness (QED) is 0.436. The number of hydrogen-bond acceptors (Lipinski definition) is 6. The zero-order valence-corrected chi connectivity index (χ0v) is 13.4. The Balaban J connectivity index is 5.76. The Kier molecular flexibility index (Phi) is 6.71. The molecule has 0 radical (unpaired) electrons. The average molecular weight is 334 g/mol. The fourth-order valence-corrected chi connectivity index (χ4v) is 2.08. The summed E-state index contributed by atoms with van der Waals surface area (Å²) in [6.45, 7) is 4.68. The van der Waals surface area contributed by atoms with Crippen LogP contribution in [-0.4, -0.2) is 55.5 Å². The maximum Gasteiger partial charge on any atom is 0.348 e. The minimum Gasteiger partial charge on any atom is -0.481 e. The summed E-state index contributed by atoms with van der Waals surface area (Å²) in [6, 6.07) is 0. The van der Waals surface area contributed by atoms with E-state index in [1.54, 1.807) is 0 Å². The lowest BCUT2D eigenvalue weighted by Gasteiger charge is -2.35. The number of ether oxygens (including phenoxy) is 1. The number of carbonyl (C=O) groups is 4. The molecule has 0 fully saturated rings. The summed E-state index contributed by atoms with van der Waals surface area (Å²) in [5.41, 5.74) is -4.92. The topological polar surface area (TPSA) is 158 Å². The number of aliphatic hydroxyl groups is 1. The van der Waals surface area contributed by atoms with Crippen molar-refractivity contribution in [1.29, 1.82) is 0 Å². The molecule has 0 heterocycles. The Bertz CT molecular complexity index is 500. The minimum absolute atomic E-state index is 0.104. The van der Waals surface area contributed by atoms with Gasteiger partial charge in [-0.05, 0) is 26.7 Å². The van der Waals surface area contributed by atoms with Crippen molar-refractivity contribution in [1.82, 2.24) is 0 Å². The van der Waals surface area contributed by atoms with Crippen molar-refractivity contribution in [3.8, 4) is 0 Å². The zero-order valence-electron chi connectivity index (χ0n) is 13.4. The first-order chi connectivity index (χ1) is 10.4. The number of carboxylic acid groups (broad SMARTS) is 3. The lowest BCUT2D eigenvalue weighted by atomic mass is 9.82. The number of esters is 1. The van der Waals surface area contributed by atoms with Gasteiger partial charge in [-0.15, -0.1) is 0 Å². The third kappa shape index (κ3) is 3.98. The fourth-order valence-electron chi connectivity index (χ4n) is 2.08. The van der Waals surface area contributed by atoms with Crippen LogP contribution in [0.25, 0.3) is 0 Å². The van der Waals surface area contributed by atoms with E-state index in [0.29, 0.717) is 0 Å². The first-order valence-electron chi connectivity index (χ1n) is 7.03. The molecule has 23 heavy (non-hydrogen) atoms. The molecule has 0 aliphatic heterocycles. The van der Waals surface area contributed by atoms with Crippen LogP contribution in [0, 0.1) is 11.8 Å². The number of carboxylic acids is 3. The van der Waals surface area contributed by atoms with Gasteiger partial charge in [0.15, 0.2) is 5.60 Å². The lowest BCUT2D eigenvalue weighted by molar-refractivity contribution is -0.205. The van der Waals surface area contributed by atoms with Crippen molar-refractivity contribution >= 4 is 23.9 Å². The van der Waals surface area contributed by atoms with E-state index in [4.69, 9.17) is 14.9 Å². The standard InChI is InChI=1S/C14H22O9/c1-5-8(10(17)18)14(22,6-2)12(21)23-13(4,11(19)20)7(3)9(15)16/h7-8,22H,5-6H2,1-4H3,(H,15,16)(H,17,18)(H,19,20). The molecular weight excluding hydrogens is 312 g/mol. The van der Waals surface area contributed by atoms with E-state index in [2.05, 4.69) is 0 Å². The predicted octanol–water partition coefficient (Wildman–Crippen LogP) is 0.346. The third-order valence-corrected chi connectivity index (χ3v) is 4.10. The molecular formula is C14H22O9. The van der Waals surface area contributed by atoms with Gasteiger partial charge in [0.25, 0.3) is 0 Å². The molecule has 0 rings (SSSR count). The lowest BCUT2D eigenvalue weighted by Crippen LogP contribution is -2.56. The molecule has 0 aromatic rings. The van der Waals surface area contributed by atoms with Gasteiger partial charge in [-0.1, -0.05) is 13.8 Å². The molecule has 0 aromatic carbocycles. The highest BCUT2D eigenvalue weighted by atomic mass is 16.6. The van der Waals surface area contributed by atoms with Crippen molar-refractivity contribution in [3.63, 3.8) is 0 Å². The summed E-state index contributed by atoms with van der Waals surface area (Å²) >= 11 is 0. The van der Waals surface area contributed by atoms with Crippen LogP contribution < -0.4 is 0 Å². The van der Waals surface area contributed by atoms with Gasteiger partial charge in [0.2, 0.25) is 5.60 Å². The summed E-state index contributed by atoms with van der Waals surface area (Å²) in [6.07, 6.45) is -0.444. The molecule has 0 amide bonds. The van der Waals surface area contributed by atoms with E-state index in [1.807, 2.05) is 0 Å². The van der Waals surface area contributed by atoms with Crippen LogP contribution in [0.5, 0.6) is 0 Å². The van der Waals surface area contributed by atoms with Crippen LogP contribution in [-0.2, 0) is 23.9 Å². The molecule has 0 aliphatic rings. The monoisotopic (exact) mass is 334 g/mol. The number of aliphatic carboxylic acids is 3. The van der Waals surface area contributed by atoms with Gasteiger partial charge >= 0.3 is 23.9 Å². The molecule has 4 unspecified atom stereocenters. The molecule has 0 saturated carbocycles. The van der Waals surface area contributed by atoms with Gasteiger partial charge in [-0.2, -0.15) is 0 Å². The second-order valence-corrected chi connectivity index (χ2v) is 5.44. The summed E-state index contributed by atoms with van der Waals surface area (Å²) in [5.74, 6) is -9.30. The molecule has 0 aliphatic carbocycles. The summed E-state index contributed by atoms with van der Waals surface area (Å²) < 4.78 is 4.78. The van der Waals surface area contributed by atoms with Crippen LogP contribution in [0.1, 0.15) is 40.5 Å². The van der Waals surface area contributed by atoms with Crippen LogP contribution in [0.4, 0.5) is 0 Å². The molecule has 9 heteroatoms. The minimum atomic E-state index is -2.46. The third-order valence-electron chi connectivity index (χ3n) is 4.10. The molecule has 0 aromatic heterocycles. The summed E-state index contributed by atoms with van der Waals surface area (Å²) in [7, 11) is 0. The predicted molar refractivity (Wildman–Crippen MR) is 75.6 cm³/mol. The van der Waals surface area contributed by atoms with Crippen molar-refractivity contribution in [2.45, 2.75) is 51.7 Å². The first kappa shape index (κ1) is 20.8. The molecule has 0 saturated heterocycles. The van der Waals surface area contributed by atoms with E-state index in [1.165, 1.54) is 13.8 Å². The highest BCUT2D eigenvalue weighted by Gasteiger charge is 2.53. The molecule has 0 spiro atoms. The molecule has 0 bridgehead atoms. The van der Waals surface area contributed by atoms with Crippen LogP contribution in [0.3, 0.4) is 0 Å². The fraction of sp³-hybridized carbons (Fsp3) is 0.714. The average Bonchev–Trinajstić information content (AvgIpc) is 2.45. The molecule has 9 nitrogen and oxygen atoms in total. The van der Waals surface area contributed by atoms with Crippen LogP contribution >= 0.6 is 0 Å². The van der Waals surface area contributed by atoms with Gasteiger partial charge in [0.05, 0.1) is 5.92 Å². The Hall–Kier alpha value is -2.16. The SMILES string of the molecule is CCC(C(=O)O)C(O)(CC)C(=O)OC(C)(C(=O)O)C(C)C(=O)O. The van der Waals surface area contributed by atoms with Crippen LogP contribution in [0.15, 0.2) is 0 Å². The van der Waals surface area contributed by atoms with Gasteiger partial charge in [-0.25, -0.2) is 9.59 Å². The van der Waals surface area contributed by atoms with E-state index < -0.39 is 46.9 Å². The largest absolute Gasteiger partial charge is 0.481 e. The molecule has 4 N–H and O–H groups in total. The van der Waals surface area contributed by atoms with Crippen LogP contribution in [0.2, 0.25) is 0 Å². The normalized spacial score (nSPS) is 18.8. The van der Waals surface area contributed by atoms with E-state index in [9.17, 15) is 29.4 Å². The van der Waals surface area contributed by atoms with E-state index in [0.717, 1.165) is 13.8 Å². The number of rotatable bonds is 9. The smallest absolute Gasteiger partial charge is 0.348 e. The van der Waals surface area contributed by atoms with Crippen molar-refractivity contribution in [3.05, 3.63) is 0 Å². The Morgan fingerprint density at radius 2 is 1.52 bits per heavy atom. The second kappa shape index (κ2) is 7.40. The van der Waals surface area contributed by atoms with Crippen molar-refractivity contribution in [2.75, 3.05) is 0 Å². The van der Waals surface area contributed by atoms with Gasteiger partial charge in [-0.3, -0.25) is 9.59 Å². The van der Waals surface area contributed by atoms with Crippen molar-refractivity contribution < 1.29 is 44.3 Å². The second-order valence-electron chi connectivity index (χ2n) is 5.44. The number of carbonyl (C=O) groups excluding carboxylic acids is 1. The van der Waals surface area contributed by atoms with E-state index >= 15 is 0 Å². The number of hydrogen-bond donors (Lipinski definition) is 4. The summed E-state index contributed by atoms with van der Waals surface area (Å²) in [4.78, 5) is 45.9. The Morgan fingerprint density at radius 1 is 1.04 bits per heavy atom. The Labute approximate surface area is 132 Å². The van der Waals surface area contributed by atoms with Gasteiger partial charge < -0.3 is 25.2 Å². The molecule has 4 atom stereocenters. The molecule has 132 valence electrons. The maximum absolute atomic E-state index is 12.3. The van der Waals surface area contributed by atoms with Gasteiger partial charge in [0.1, 0.15) is 5.92 Å². The highest BCUT2D eigenvalue weighted by Crippen LogP contribution is 2.31. The highest BCUT2D eigenvalue weighted by molar-refractivity contribution is 5.91. The zero-order chi connectivity index (χ0) is 18.6. The summed E-state index contributed by atoms with van der Waals surface area (Å²) in [5, 5.41) is 37.7. The first-order valence-corrected chi connectivity index (χ1v) is 7.03. The Morgan fingerprint density at radius 3 is 1.78 bits per heavy atom. The van der Waals surface area contributed by atoms with Gasteiger partial charge in [0, 0.05) is 0 Å².